The first kappa shape index (κ1) is 16.8. The minimum atomic E-state index is -4.46. The first-order valence-electron chi connectivity index (χ1n) is 7.62. The van der Waals surface area contributed by atoms with Gasteiger partial charge in [-0.3, -0.25) is 4.21 Å². The number of ether oxygens (including phenoxy) is 1. The van der Waals surface area contributed by atoms with Crippen LogP contribution < -0.4 is 4.74 Å². The Labute approximate surface area is 135 Å². The molecule has 2 aliphatic heterocycles. The fourth-order valence-electron chi connectivity index (χ4n) is 3.75. The van der Waals surface area contributed by atoms with E-state index in [0.29, 0.717) is 18.4 Å². The van der Waals surface area contributed by atoms with E-state index in [4.69, 9.17) is 4.74 Å². The van der Waals surface area contributed by atoms with Gasteiger partial charge in [-0.2, -0.15) is 13.2 Å². The van der Waals surface area contributed by atoms with Gasteiger partial charge in [0, 0.05) is 26.9 Å². The summed E-state index contributed by atoms with van der Waals surface area (Å²) in [6, 6.07) is 3.19. The second kappa shape index (κ2) is 5.77. The second-order valence-electron chi connectivity index (χ2n) is 6.36. The normalized spacial score (nSPS) is 34.2. The molecule has 1 aromatic rings. The number of aliphatic hydroxyl groups is 1. The van der Waals surface area contributed by atoms with Gasteiger partial charge in [-0.1, -0.05) is 12.5 Å². The van der Waals surface area contributed by atoms with Gasteiger partial charge in [0.25, 0.3) is 0 Å². The highest BCUT2D eigenvalue weighted by atomic mass is 32.2. The van der Waals surface area contributed by atoms with Crippen LogP contribution in [0, 0.1) is 0 Å². The number of rotatable bonds is 2. The van der Waals surface area contributed by atoms with Crippen molar-refractivity contribution in [2.75, 3.05) is 7.11 Å². The molecule has 0 spiro atoms. The van der Waals surface area contributed by atoms with Crippen molar-refractivity contribution < 1.29 is 27.2 Å². The number of methoxy groups -OCH3 is 1. The number of hydrogen-bond donors (Lipinski definition) is 1. The summed E-state index contributed by atoms with van der Waals surface area (Å²) in [5, 5.41) is 10.9. The number of alkyl halides is 3. The molecule has 23 heavy (non-hydrogen) atoms. The predicted octanol–water partition coefficient (Wildman–Crippen LogP) is 3.37. The van der Waals surface area contributed by atoms with Crippen molar-refractivity contribution in [2.45, 2.75) is 54.4 Å². The van der Waals surface area contributed by atoms with E-state index in [1.807, 2.05) is 0 Å². The summed E-state index contributed by atoms with van der Waals surface area (Å²) in [6.07, 6.45) is -1.29. The summed E-state index contributed by atoms with van der Waals surface area (Å²) in [6.45, 7) is 0. The molecule has 2 bridgehead atoms. The molecule has 3 rings (SSSR count). The lowest BCUT2D eigenvalue weighted by atomic mass is 9.80. The van der Waals surface area contributed by atoms with Gasteiger partial charge in [-0.15, -0.1) is 0 Å². The zero-order valence-electron chi connectivity index (χ0n) is 12.7. The van der Waals surface area contributed by atoms with Crippen LogP contribution in [0.5, 0.6) is 5.75 Å². The van der Waals surface area contributed by atoms with Crippen LogP contribution in [-0.4, -0.2) is 26.9 Å². The van der Waals surface area contributed by atoms with Crippen molar-refractivity contribution in [2.24, 2.45) is 0 Å². The van der Waals surface area contributed by atoms with Crippen LogP contribution in [0.2, 0.25) is 0 Å². The van der Waals surface area contributed by atoms with Crippen LogP contribution >= 0.6 is 0 Å². The van der Waals surface area contributed by atoms with Gasteiger partial charge in [0.15, 0.2) is 0 Å². The molecule has 0 aliphatic carbocycles. The molecule has 2 saturated heterocycles. The molecule has 0 radical (unpaired) electrons. The maximum atomic E-state index is 12.9. The van der Waals surface area contributed by atoms with Crippen LogP contribution in [0.25, 0.3) is 0 Å². The SMILES string of the molecule is COc1cc(C(F)(F)F)ccc1C1(O)CC2CCCC(C1)S2=O. The van der Waals surface area contributed by atoms with E-state index in [1.165, 1.54) is 13.2 Å². The third-order valence-corrected chi connectivity index (χ3v) is 6.99. The second-order valence-corrected chi connectivity index (χ2v) is 8.35. The van der Waals surface area contributed by atoms with Gasteiger partial charge in [0.2, 0.25) is 0 Å². The highest BCUT2D eigenvalue weighted by Gasteiger charge is 2.47. The summed E-state index contributed by atoms with van der Waals surface area (Å²) < 4.78 is 56.0. The lowest BCUT2D eigenvalue weighted by Gasteiger charge is -2.44. The number of fused-ring (bicyclic) bond motifs is 2. The summed E-state index contributed by atoms with van der Waals surface area (Å²) in [7, 11) is 0.332. The maximum Gasteiger partial charge on any atom is 0.416 e. The molecular formula is C16H19F3O3S. The molecule has 0 amide bonds. The van der Waals surface area contributed by atoms with Crippen LogP contribution in [0.4, 0.5) is 13.2 Å². The van der Waals surface area contributed by atoms with Gasteiger partial charge in [0.1, 0.15) is 5.75 Å². The quantitative estimate of drug-likeness (QED) is 0.891. The third-order valence-electron chi connectivity index (χ3n) is 4.87. The third kappa shape index (κ3) is 3.01. The van der Waals surface area contributed by atoms with E-state index in [0.717, 1.165) is 31.4 Å². The fraction of sp³-hybridized carbons (Fsp3) is 0.625. The molecule has 128 valence electrons. The minimum Gasteiger partial charge on any atom is -0.496 e. The van der Waals surface area contributed by atoms with E-state index in [1.54, 1.807) is 0 Å². The molecule has 2 heterocycles. The Kier molecular flexibility index (Phi) is 4.21. The van der Waals surface area contributed by atoms with Crippen LogP contribution in [0.15, 0.2) is 18.2 Å². The number of halogens is 3. The summed E-state index contributed by atoms with van der Waals surface area (Å²) in [4.78, 5) is 0. The van der Waals surface area contributed by atoms with Crippen molar-refractivity contribution >= 4 is 10.8 Å². The van der Waals surface area contributed by atoms with Crippen LogP contribution in [0.3, 0.4) is 0 Å². The van der Waals surface area contributed by atoms with Crippen molar-refractivity contribution in [3.63, 3.8) is 0 Å². The largest absolute Gasteiger partial charge is 0.496 e. The molecule has 0 aromatic heterocycles. The molecule has 2 fully saturated rings. The molecule has 7 heteroatoms. The van der Waals surface area contributed by atoms with E-state index in [2.05, 4.69) is 0 Å². The number of hydrogen-bond acceptors (Lipinski definition) is 3. The average molecular weight is 348 g/mol. The lowest BCUT2D eigenvalue weighted by Crippen LogP contribution is -2.47. The topological polar surface area (TPSA) is 46.5 Å². The van der Waals surface area contributed by atoms with Crippen LogP contribution in [-0.2, 0) is 22.6 Å². The Morgan fingerprint density at radius 1 is 1.26 bits per heavy atom. The zero-order valence-corrected chi connectivity index (χ0v) is 13.5. The fourth-order valence-corrected chi connectivity index (χ4v) is 5.98. The van der Waals surface area contributed by atoms with Gasteiger partial charge in [0.05, 0.1) is 18.3 Å². The molecule has 3 nitrogen and oxygen atoms in total. The lowest BCUT2D eigenvalue weighted by molar-refractivity contribution is -0.137. The Morgan fingerprint density at radius 3 is 2.39 bits per heavy atom. The maximum absolute atomic E-state index is 12.9. The average Bonchev–Trinajstić information content (AvgIpc) is 2.47. The van der Waals surface area contributed by atoms with Crippen molar-refractivity contribution in [3.8, 4) is 5.75 Å². The molecule has 2 unspecified atom stereocenters. The zero-order chi connectivity index (χ0) is 16.8. The molecule has 2 atom stereocenters. The van der Waals surface area contributed by atoms with Gasteiger partial charge in [-0.05, 0) is 37.8 Å². The Morgan fingerprint density at radius 2 is 1.87 bits per heavy atom. The Bertz CT molecular complexity index is 613. The molecule has 2 aliphatic rings. The van der Waals surface area contributed by atoms with Crippen molar-refractivity contribution in [1.82, 2.24) is 0 Å². The van der Waals surface area contributed by atoms with E-state index in [-0.39, 0.29) is 16.2 Å². The molecule has 1 N–H and O–H groups in total. The predicted molar refractivity (Wildman–Crippen MR) is 80.7 cm³/mol. The van der Waals surface area contributed by atoms with Gasteiger partial charge >= 0.3 is 6.18 Å². The highest BCUT2D eigenvalue weighted by Crippen LogP contribution is 2.47. The first-order chi connectivity index (χ1) is 10.7. The van der Waals surface area contributed by atoms with Crippen LogP contribution in [0.1, 0.15) is 43.2 Å². The standard InChI is InChI=1S/C16H19F3O3S/c1-22-14-7-10(16(17,18)19)5-6-13(14)15(20)8-11-3-2-4-12(9-15)23(11)21/h5-7,11-12,20H,2-4,8-9H2,1H3. The minimum absolute atomic E-state index is 0.0353. The molecule has 0 saturated carbocycles. The monoisotopic (exact) mass is 348 g/mol. The van der Waals surface area contributed by atoms with Crippen molar-refractivity contribution in [1.29, 1.82) is 0 Å². The Balaban J connectivity index is 1.99. The highest BCUT2D eigenvalue weighted by molar-refractivity contribution is 7.86. The smallest absolute Gasteiger partial charge is 0.416 e. The first-order valence-corrected chi connectivity index (χ1v) is 8.90. The summed E-state index contributed by atoms with van der Waals surface area (Å²) in [5.41, 5.74) is -1.72. The van der Waals surface area contributed by atoms with Gasteiger partial charge in [-0.25, -0.2) is 0 Å². The van der Waals surface area contributed by atoms with E-state index < -0.39 is 28.1 Å². The van der Waals surface area contributed by atoms with Crippen molar-refractivity contribution in [3.05, 3.63) is 29.3 Å². The number of benzene rings is 1. The van der Waals surface area contributed by atoms with E-state index >= 15 is 0 Å². The van der Waals surface area contributed by atoms with E-state index in [9.17, 15) is 22.5 Å². The summed E-state index contributed by atoms with van der Waals surface area (Å²) >= 11 is 0. The molecular weight excluding hydrogens is 329 g/mol. The Hall–Kier alpha value is -1.08. The van der Waals surface area contributed by atoms with Gasteiger partial charge < -0.3 is 9.84 Å². The molecule has 1 aromatic carbocycles. The summed E-state index contributed by atoms with van der Waals surface area (Å²) in [5.74, 6) is 0.0353.